The van der Waals surface area contributed by atoms with Gasteiger partial charge in [-0.1, -0.05) is 12.1 Å². The molecule has 0 aliphatic heterocycles. The molecule has 0 aliphatic rings. The second-order valence-electron chi connectivity index (χ2n) is 4.98. The van der Waals surface area contributed by atoms with Crippen LogP contribution in [0.5, 0.6) is 0 Å². The number of halogens is 3. The molecule has 1 N–H and O–H groups in total. The van der Waals surface area contributed by atoms with Crippen LogP contribution in [0.1, 0.15) is 6.92 Å². The highest BCUT2D eigenvalue weighted by molar-refractivity contribution is 7.99. The van der Waals surface area contributed by atoms with Crippen LogP contribution in [0.2, 0.25) is 0 Å². The van der Waals surface area contributed by atoms with E-state index in [0.29, 0.717) is 5.69 Å². The first-order valence-corrected chi connectivity index (χ1v) is 7.81. The Morgan fingerprint density at radius 1 is 1.42 bits per heavy atom. The fourth-order valence-electron chi connectivity index (χ4n) is 1.74. The van der Waals surface area contributed by atoms with Gasteiger partial charge in [-0.3, -0.25) is 4.79 Å². The molecule has 130 valence electrons. The van der Waals surface area contributed by atoms with Crippen molar-refractivity contribution in [1.82, 2.24) is 9.55 Å². The number of nitrogens with zero attached hydrogens (tertiary/aromatic N) is 2. The number of benzene rings is 1. The van der Waals surface area contributed by atoms with Gasteiger partial charge >= 0.3 is 6.18 Å². The van der Waals surface area contributed by atoms with E-state index >= 15 is 0 Å². The van der Waals surface area contributed by atoms with Crippen LogP contribution in [-0.4, -0.2) is 34.3 Å². The first-order valence-electron chi connectivity index (χ1n) is 6.99. The number of imidazole rings is 1. The number of carbonyl (C=O) groups excluding carboxylic acids is 1. The lowest BCUT2D eigenvalue weighted by Crippen LogP contribution is -2.31. The molecule has 0 saturated carbocycles. The largest absolute Gasteiger partial charge is 0.411 e. The van der Waals surface area contributed by atoms with Crippen LogP contribution < -0.4 is 5.32 Å². The molecule has 0 spiro atoms. The summed E-state index contributed by atoms with van der Waals surface area (Å²) in [6, 6.07) is 6.97. The molecule has 1 atom stereocenters. The number of hydrogen-bond donors (Lipinski definition) is 1. The third-order valence-corrected chi connectivity index (χ3v) is 4.14. The van der Waals surface area contributed by atoms with E-state index in [1.807, 2.05) is 11.6 Å². The van der Waals surface area contributed by atoms with Gasteiger partial charge in [0.1, 0.15) is 12.7 Å². The molecule has 24 heavy (non-hydrogen) atoms. The summed E-state index contributed by atoms with van der Waals surface area (Å²) < 4.78 is 42.8. The average Bonchev–Trinajstić information content (AvgIpc) is 2.91. The third-order valence-electron chi connectivity index (χ3n) is 2.99. The zero-order valence-corrected chi connectivity index (χ0v) is 13.8. The summed E-state index contributed by atoms with van der Waals surface area (Å²) in [5.74, 6) is -0.646. The lowest BCUT2D eigenvalue weighted by molar-refractivity contribution is -0.184. The van der Waals surface area contributed by atoms with Gasteiger partial charge in [0.15, 0.2) is 5.16 Å². The summed E-state index contributed by atoms with van der Waals surface area (Å²) in [6.45, 7) is -0.194. The number of carbonyl (C=O) groups is 1. The van der Waals surface area contributed by atoms with Crippen molar-refractivity contribution >= 4 is 23.4 Å². The van der Waals surface area contributed by atoms with Crippen LogP contribution in [0.4, 0.5) is 18.9 Å². The predicted octanol–water partition coefficient (Wildman–Crippen LogP) is 3.48. The normalized spacial score (nSPS) is 12.9. The second-order valence-corrected chi connectivity index (χ2v) is 5.99. The molecule has 2 rings (SSSR count). The Morgan fingerprint density at radius 2 is 2.12 bits per heavy atom. The van der Waals surface area contributed by atoms with Crippen LogP contribution in [0.25, 0.3) is 0 Å². The van der Waals surface area contributed by atoms with E-state index in [0.717, 1.165) is 10.1 Å². The molecule has 1 aromatic heterocycles. The molecule has 0 saturated heterocycles. The maximum Gasteiger partial charge on any atom is 0.411 e. The SMILES string of the molecule is C[C@H](OCC(F)(F)F)C(=O)Nc1ccccc1Sc1nccn1C. The third kappa shape index (κ3) is 5.27. The highest BCUT2D eigenvalue weighted by atomic mass is 32.2. The summed E-state index contributed by atoms with van der Waals surface area (Å²) in [5, 5.41) is 3.31. The number of para-hydroxylation sites is 1. The number of amides is 1. The van der Waals surface area contributed by atoms with Gasteiger partial charge in [0.2, 0.25) is 0 Å². The zero-order valence-electron chi connectivity index (χ0n) is 13.0. The van der Waals surface area contributed by atoms with E-state index in [1.165, 1.54) is 18.7 Å². The smallest absolute Gasteiger partial charge is 0.359 e. The monoisotopic (exact) mass is 359 g/mol. The Morgan fingerprint density at radius 3 is 2.75 bits per heavy atom. The van der Waals surface area contributed by atoms with Crippen molar-refractivity contribution in [3.8, 4) is 0 Å². The zero-order chi connectivity index (χ0) is 17.7. The van der Waals surface area contributed by atoms with Gasteiger partial charge in [-0.25, -0.2) is 4.98 Å². The maximum atomic E-state index is 12.2. The van der Waals surface area contributed by atoms with Gasteiger partial charge in [-0.2, -0.15) is 13.2 Å². The number of aromatic nitrogens is 2. The van der Waals surface area contributed by atoms with Gasteiger partial charge in [-0.05, 0) is 30.8 Å². The molecule has 1 aromatic carbocycles. The standard InChI is InChI=1S/C15H16F3N3O2S/c1-10(23-9-15(16,17)18)13(22)20-11-5-3-4-6-12(11)24-14-19-7-8-21(14)2/h3-8,10H,9H2,1-2H3,(H,20,22)/t10-/m0/s1. The number of rotatable bonds is 6. The molecule has 0 radical (unpaired) electrons. The van der Waals surface area contributed by atoms with E-state index in [1.54, 1.807) is 36.7 Å². The molecule has 0 fully saturated rings. The molecule has 9 heteroatoms. The lowest BCUT2D eigenvalue weighted by Gasteiger charge is -2.16. The number of ether oxygens (including phenoxy) is 1. The van der Waals surface area contributed by atoms with Crippen molar-refractivity contribution < 1.29 is 22.7 Å². The summed E-state index contributed by atoms with van der Waals surface area (Å²) in [6.07, 6.45) is -2.26. The molecule has 5 nitrogen and oxygen atoms in total. The number of hydrogen-bond acceptors (Lipinski definition) is 4. The Kier molecular flexibility index (Phi) is 5.89. The van der Waals surface area contributed by atoms with E-state index in [4.69, 9.17) is 0 Å². The molecule has 1 heterocycles. The van der Waals surface area contributed by atoms with Crippen LogP contribution in [-0.2, 0) is 16.6 Å². The van der Waals surface area contributed by atoms with Gasteiger partial charge in [0.05, 0.1) is 5.69 Å². The van der Waals surface area contributed by atoms with Crippen LogP contribution in [0, 0.1) is 0 Å². The molecule has 0 aliphatic carbocycles. The van der Waals surface area contributed by atoms with Crippen molar-refractivity contribution in [3.63, 3.8) is 0 Å². The average molecular weight is 359 g/mol. The van der Waals surface area contributed by atoms with E-state index < -0.39 is 24.8 Å². The summed E-state index contributed by atoms with van der Waals surface area (Å²) in [5.41, 5.74) is 0.484. The van der Waals surface area contributed by atoms with Crippen molar-refractivity contribution in [1.29, 1.82) is 0 Å². The quantitative estimate of drug-likeness (QED) is 0.858. The minimum Gasteiger partial charge on any atom is -0.359 e. The van der Waals surface area contributed by atoms with Gasteiger partial charge in [0.25, 0.3) is 5.91 Å². The molecular formula is C15H16F3N3O2S. The molecule has 1 amide bonds. The fourth-order valence-corrected chi connectivity index (χ4v) is 2.63. The van der Waals surface area contributed by atoms with E-state index in [-0.39, 0.29) is 0 Å². The molecule has 0 bridgehead atoms. The first-order chi connectivity index (χ1) is 11.3. The minimum absolute atomic E-state index is 0.484. The number of anilines is 1. The number of nitrogens with one attached hydrogen (secondary N) is 1. The fraction of sp³-hybridized carbons (Fsp3) is 0.333. The maximum absolute atomic E-state index is 12.2. The molecule has 2 aromatic rings. The van der Waals surface area contributed by atoms with Crippen LogP contribution in [0.15, 0.2) is 46.7 Å². The molecule has 0 unspecified atom stereocenters. The second kappa shape index (κ2) is 7.71. The van der Waals surface area contributed by atoms with Crippen molar-refractivity contribution in [2.45, 2.75) is 29.3 Å². The van der Waals surface area contributed by atoms with Crippen molar-refractivity contribution in [3.05, 3.63) is 36.7 Å². The number of aryl methyl sites for hydroxylation is 1. The summed E-state index contributed by atoms with van der Waals surface area (Å²) >= 11 is 1.34. The lowest BCUT2D eigenvalue weighted by atomic mass is 10.3. The highest BCUT2D eigenvalue weighted by Gasteiger charge is 2.30. The number of alkyl halides is 3. The van der Waals surface area contributed by atoms with Crippen LogP contribution in [0.3, 0.4) is 0 Å². The topological polar surface area (TPSA) is 56.1 Å². The van der Waals surface area contributed by atoms with Crippen molar-refractivity contribution in [2.75, 3.05) is 11.9 Å². The predicted molar refractivity (Wildman–Crippen MR) is 83.9 cm³/mol. The highest BCUT2D eigenvalue weighted by Crippen LogP contribution is 2.32. The Balaban J connectivity index is 2.04. The molecular weight excluding hydrogens is 343 g/mol. The van der Waals surface area contributed by atoms with E-state index in [9.17, 15) is 18.0 Å². The Bertz CT molecular complexity index is 703. The minimum atomic E-state index is -4.47. The van der Waals surface area contributed by atoms with Crippen molar-refractivity contribution in [2.24, 2.45) is 7.05 Å². The summed E-state index contributed by atoms with van der Waals surface area (Å²) in [4.78, 5) is 16.9. The Labute approximate surface area is 141 Å². The van der Waals surface area contributed by atoms with Gasteiger partial charge in [-0.15, -0.1) is 0 Å². The van der Waals surface area contributed by atoms with Gasteiger partial charge < -0.3 is 14.6 Å². The van der Waals surface area contributed by atoms with Crippen LogP contribution >= 0.6 is 11.8 Å². The summed E-state index contributed by atoms with van der Waals surface area (Å²) in [7, 11) is 1.84. The van der Waals surface area contributed by atoms with E-state index in [2.05, 4.69) is 15.0 Å². The van der Waals surface area contributed by atoms with Gasteiger partial charge in [0, 0.05) is 24.3 Å². The Hall–Kier alpha value is -2.00. The first kappa shape index (κ1) is 18.3.